The van der Waals surface area contributed by atoms with Gasteiger partial charge in [0, 0.05) is 29.1 Å². The SMILES string of the molecule is CNC(=O)c1[nH]c2cc(S(C)(=O)=O)ccc2c1Sc1ccccc1F. The first kappa shape index (κ1) is 17.5. The van der Waals surface area contributed by atoms with Crippen molar-refractivity contribution in [3.05, 3.63) is 54.0 Å². The van der Waals surface area contributed by atoms with E-state index in [1.165, 1.54) is 25.2 Å². The van der Waals surface area contributed by atoms with Gasteiger partial charge in [-0.25, -0.2) is 12.8 Å². The van der Waals surface area contributed by atoms with Crippen LogP contribution in [-0.4, -0.2) is 32.6 Å². The summed E-state index contributed by atoms with van der Waals surface area (Å²) in [4.78, 5) is 16.2. The minimum atomic E-state index is -3.38. The second-order valence-electron chi connectivity index (χ2n) is 5.42. The molecule has 0 fully saturated rings. The Bertz CT molecular complexity index is 1070. The van der Waals surface area contributed by atoms with Gasteiger partial charge in [0.2, 0.25) is 0 Å². The Hall–Kier alpha value is -2.32. The highest BCUT2D eigenvalue weighted by molar-refractivity contribution is 7.99. The molecule has 1 amide bonds. The van der Waals surface area contributed by atoms with Crippen molar-refractivity contribution in [2.45, 2.75) is 14.7 Å². The van der Waals surface area contributed by atoms with E-state index < -0.39 is 15.7 Å². The Morgan fingerprint density at radius 3 is 2.56 bits per heavy atom. The zero-order chi connectivity index (χ0) is 18.2. The predicted octanol–water partition coefficient (Wildman–Crippen LogP) is 3.22. The van der Waals surface area contributed by atoms with Gasteiger partial charge >= 0.3 is 0 Å². The topological polar surface area (TPSA) is 79.0 Å². The Kier molecular flexibility index (Phi) is 4.57. The molecule has 0 aliphatic heterocycles. The molecule has 0 aliphatic carbocycles. The molecule has 25 heavy (non-hydrogen) atoms. The number of aromatic amines is 1. The first-order valence-corrected chi connectivity index (χ1v) is 10.0. The van der Waals surface area contributed by atoms with Crippen molar-refractivity contribution in [3.8, 4) is 0 Å². The molecule has 0 aliphatic rings. The maximum atomic E-state index is 14.0. The number of benzene rings is 2. The molecule has 0 spiro atoms. The summed E-state index contributed by atoms with van der Waals surface area (Å²) in [6, 6.07) is 10.8. The van der Waals surface area contributed by atoms with Crippen molar-refractivity contribution in [1.82, 2.24) is 10.3 Å². The Morgan fingerprint density at radius 1 is 1.20 bits per heavy atom. The summed E-state index contributed by atoms with van der Waals surface area (Å²) >= 11 is 1.12. The van der Waals surface area contributed by atoms with Crippen LogP contribution in [0.2, 0.25) is 0 Å². The fourth-order valence-electron chi connectivity index (χ4n) is 2.41. The third-order valence-corrected chi connectivity index (χ3v) is 5.94. The maximum Gasteiger partial charge on any atom is 0.268 e. The van der Waals surface area contributed by atoms with Crippen LogP contribution in [0.25, 0.3) is 10.9 Å². The summed E-state index contributed by atoms with van der Waals surface area (Å²) in [5.41, 5.74) is 0.761. The maximum absolute atomic E-state index is 14.0. The fraction of sp³-hybridized carbons (Fsp3) is 0.118. The molecule has 3 rings (SSSR count). The van der Waals surface area contributed by atoms with Gasteiger partial charge < -0.3 is 10.3 Å². The van der Waals surface area contributed by atoms with Gasteiger partial charge in [0.05, 0.1) is 9.79 Å². The number of rotatable bonds is 4. The van der Waals surface area contributed by atoms with Crippen molar-refractivity contribution < 1.29 is 17.6 Å². The summed E-state index contributed by atoms with van der Waals surface area (Å²) in [5.74, 6) is -0.756. The molecule has 0 atom stereocenters. The molecule has 130 valence electrons. The third kappa shape index (κ3) is 3.40. The third-order valence-electron chi connectivity index (χ3n) is 3.65. The van der Waals surface area contributed by atoms with Gasteiger partial charge in [0.15, 0.2) is 9.84 Å². The van der Waals surface area contributed by atoms with Gasteiger partial charge in [-0.15, -0.1) is 0 Å². The lowest BCUT2D eigenvalue weighted by Crippen LogP contribution is -2.18. The predicted molar refractivity (Wildman–Crippen MR) is 95.3 cm³/mol. The molecule has 0 unspecified atom stereocenters. The first-order valence-electron chi connectivity index (χ1n) is 7.31. The smallest absolute Gasteiger partial charge is 0.268 e. The van der Waals surface area contributed by atoms with E-state index in [1.807, 2.05) is 0 Å². The van der Waals surface area contributed by atoms with E-state index in [4.69, 9.17) is 0 Å². The number of fused-ring (bicyclic) bond motifs is 1. The van der Waals surface area contributed by atoms with E-state index in [-0.39, 0.29) is 16.5 Å². The summed E-state index contributed by atoms with van der Waals surface area (Å²) in [6.45, 7) is 0. The molecule has 0 bridgehead atoms. The zero-order valence-electron chi connectivity index (χ0n) is 13.5. The van der Waals surface area contributed by atoms with Crippen LogP contribution < -0.4 is 5.32 Å². The molecule has 0 radical (unpaired) electrons. The van der Waals surface area contributed by atoms with E-state index in [1.54, 1.807) is 24.3 Å². The van der Waals surface area contributed by atoms with E-state index in [0.29, 0.717) is 20.7 Å². The number of nitrogens with one attached hydrogen (secondary N) is 2. The van der Waals surface area contributed by atoms with Crippen molar-refractivity contribution in [2.75, 3.05) is 13.3 Å². The van der Waals surface area contributed by atoms with Gasteiger partial charge in [-0.05, 0) is 24.3 Å². The number of carbonyl (C=O) groups excluding carboxylic acids is 1. The summed E-state index contributed by atoms with van der Waals surface area (Å²) in [7, 11) is -1.88. The highest BCUT2D eigenvalue weighted by Crippen LogP contribution is 2.38. The summed E-state index contributed by atoms with van der Waals surface area (Å²) in [5, 5.41) is 3.18. The van der Waals surface area contributed by atoms with Crippen LogP contribution >= 0.6 is 11.8 Å². The van der Waals surface area contributed by atoms with Gasteiger partial charge in [0.25, 0.3) is 5.91 Å². The highest BCUT2D eigenvalue weighted by atomic mass is 32.2. The number of amides is 1. The number of halogens is 1. The largest absolute Gasteiger partial charge is 0.354 e. The second kappa shape index (κ2) is 6.53. The molecule has 0 saturated heterocycles. The van der Waals surface area contributed by atoms with Crippen LogP contribution in [0.4, 0.5) is 4.39 Å². The molecule has 8 heteroatoms. The van der Waals surface area contributed by atoms with Crippen LogP contribution in [0.3, 0.4) is 0 Å². The molecular weight excluding hydrogens is 363 g/mol. The monoisotopic (exact) mass is 378 g/mol. The van der Waals surface area contributed by atoms with Gasteiger partial charge in [-0.3, -0.25) is 4.79 Å². The number of hydrogen-bond donors (Lipinski definition) is 2. The van der Waals surface area contributed by atoms with Crippen molar-refractivity contribution in [2.24, 2.45) is 0 Å². The molecule has 2 N–H and O–H groups in total. The fourth-order valence-corrected chi connectivity index (χ4v) is 4.12. The Labute approximate surface area is 148 Å². The van der Waals surface area contributed by atoms with Gasteiger partial charge in [-0.1, -0.05) is 30.0 Å². The highest BCUT2D eigenvalue weighted by Gasteiger charge is 2.20. The number of aromatic nitrogens is 1. The second-order valence-corrected chi connectivity index (χ2v) is 8.49. The van der Waals surface area contributed by atoms with Gasteiger partial charge in [-0.2, -0.15) is 0 Å². The molecule has 3 aromatic rings. The summed E-state index contributed by atoms with van der Waals surface area (Å²) < 4.78 is 37.5. The standard InChI is InChI=1S/C17H15FN2O3S2/c1-19-17(21)15-16(24-14-6-4-3-5-12(14)18)11-8-7-10(25(2,22)23)9-13(11)20-15/h3-9,20H,1-2H3,(H,19,21). The number of sulfone groups is 1. The van der Waals surface area contributed by atoms with Crippen LogP contribution in [0.1, 0.15) is 10.5 Å². The van der Waals surface area contributed by atoms with E-state index in [2.05, 4.69) is 10.3 Å². The van der Waals surface area contributed by atoms with Crippen LogP contribution in [0.5, 0.6) is 0 Å². The lowest BCUT2D eigenvalue weighted by molar-refractivity contribution is 0.0956. The molecule has 1 aromatic heterocycles. The van der Waals surface area contributed by atoms with E-state index >= 15 is 0 Å². The van der Waals surface area contributed by atoms with Crippen LogP contribution in [0, 0.1) is 5.82 Å². The lowest BCUT2D eigenvalue weighted by Gasteiger charge is -2.05. The van der Waals surface area contributed by atoms with E-state index in [9.17, 15) is 17.6 Å². The van der Waals surface area contributed by atoms with Crippen molar-refractivity contribution in [1.29, 1.82) is 0 Å². The number of hydrogen-bond acceptors (Lipinski definition) is 4. The van der Waals surface area contributed by atoms with Gasteiger partial charge in [0.1, 0.15) is 11.5 Å². The van der Waals surface area contributed by atoms with Crippen molar-refractivity contribution >= 4 is 38.4 Å². The minimum Gasteiger partial charge on any atom is -0.354 e. The average molecular weight is 378 g/mol. The van der Waals surface area contributed by atoms with Crippen LogP contribution in [0.15, 0.2) is 57.2 Å². The molecular formula is C17H15FN2O3S2. The van der Waals surface area contributed by atoms with Crippen LogP contribution in [-0.2, 0) is 9.84 Å². The summed E-state index contributed by atoms with van der Waals surface area (Å²) in [6.07, 6.45) is 1.12. The zero-order valence-corrected chi connectivity index (χ0v) is 15.1. The number of H-pyrrole nitrogens is 1. The lowest BCUT2D eigenvalue weighted by atomic mass is 10.2. The molecule has 2 aromatic carbocycles. The molecule has 0 saturated carbocycles. The van der Waals surface area contributed by atoms with Crippen molar-refractivity contribution in [3.63, 3.8) is 0 Å². The Balaban J connectivity index is 2.21. The normalized spacial score (nSPS) is 11.6. The first-order chi connectivity index (χ1) is 11.8. The molecule has 1 heterocycles. The Morgan fingerprint density at radius 2 is 1.92 bits per heavy atom. The average Bonchev–Trinajstić information content (AvgIpc) is 2.93. The minimum absolute atomic E-state index is 0.146. The van der Waals surface area contributed by atoms with E-state index in [0.717, 1.165) is 18.0 Å². The number of carbonyl (C=O) groups is 1. The quantitative estimate of drug-likeness (QED) is 0.731. The molecule has 5 nitrogen and oxygen atoms in total.